The van der Waals surface area contributed by atoms with Gasteiger partial charge in [-0.1, -0.05) is 30.3 Å². The lowest BCUT2D eigenvalue weighted by molar-refractivity contribution is -0.172. The van der Waals surface area contributed by atoms with Crippen molar-refractivity contribution in [1.82, 2.24) is 0 Å². The fourth-order valence-electron chi connectivity index (χ4n) is 3.55. The van der Waals surface area contributed by atoms with E-state index in [-0.39, 0.29) is 19.6 Å². The molecule has 0 amide bonds. The van der Waals surface area contributed by atoms with Crippen molar-refractivity contribution in [2.45, 2.75) is 38.7 Å². The quantitative estimate of drug-likeness (QED) is 0.645. The van der Waals surface area contributed by atoms with Crippen LogP contribution >= 0.6 is 0 Å². The van der Waals surface area contributed by atoms with Crippen molar-refractivity contribution >= 4 is 17.7 Å². The van der Waals surface area contributed by atoms with E-state index in [0.29, 0.717) is 5.56 Å². The number of hydrogen-bond donors (Lipinski definition) is 1. The topological polar surface area (TPSA) is 89.9 Å². The van der Waals surface area contributed by atoms with Gasteiger partial charge in [0.25, 0.3) is 0 Å². The van der Waals surface area contributed by atoms with Gasteiger partial charge in [0, 0.05) is 12.3 Å². The molecular formula is C19H24O6. The van der Waals surface area contributed by atoms with E-state index in [1.165, 1.54) is 6.92 Å². The minimum absolute atomic E-state index is 0.130. The van der Waals surface area contributed by atoms with Crippen molar-refractivity contribution in [2.75, 3.05) is 13.2 Å². The standard InChI is InChI=1S/C19H24O6/c1-4-24-17(21)15-13(20)11-19(3,23)16(18(22)25-5-2)14(15)12-9-7-6-8-10-12/h6-10,14-16,23H,4-5,11H2,1-3H3/t14-,15-,16+,19-/m0/s1. The van der Waals surface area contributed by atoms with Crippen LogP contribution in [-0.4, -0.2) is 41.6 Å². The summed E-state index contributed by atoms with van der Waals surface area (Å²) in [5, 5.41) is 10.8. The Balaban J connectivity index is 2.57. The third-order valence-electron chi connectivity index (χ3n) is 4.53. The maximum Gasteiger partial charge on any atom is 0.317 e. The van der Waals surface area contributed by atoms with E-state index in [4.69, 9.17) is 9.47 Å². The molecular weight excluding hydrogens is 324 g/mol. The number of hydrogen-bond acceptors (Lipinski definition) is 6. The number of benzene rings is 1. The Labute approximate surface area is 147 Å². The number of ketones is 1. The van der Waals surface area contributed by atoms with Gasteiger partial charge in [-0.3, -0.25) is 14.4 Å². The van der Waals surface area contributed by atoms with Crippen LogP contribution in [0, 0.1) is 11.8 Å². The van der Waals surface area contributed by atoms with Crippen LogP contribution in [0.2, 0.25) is 0 Å². The molecule has 1 aliphatic carbocycles. The number of rotatable bonds is 5. The average Bonchev–Trinajstić information content (AvgIpc) is 2.54. The second kappa shape index (κ2) is 7.78. The van der Waals surface area contributed by atoms with E-state index < -0.39 is 41.1 Å². The lowest BCUT2D eigenvalue weighted by Crippen LogP contribution is -2.55. The van der Waals surface area contributed by atoms with Crippen molar-refractivity contribution in [1.29, 1.82) is 0 Å². The summed E-state index contributed by atoms with van der Waals surface area (Å²) >= 11 is 0. The van der Waals surface area contributed by atoms with Crippen molar-refractivity contribution in [3.63, 3.8) is 0 Å². The summed E-state index contributed by atoms with van der Waals surface area (Å²) in [6.45, 7) is 5.03. The first-order valence-corrected chi connectivity index (χ1v) is 8.46. The van der Waals surface area contributed by atoms with Crippen molar-refractivity contribution in [3.05, 3.63) is 35.9 Å². The Morgan fingerprint density at radius 3 is 2.24 bits per heavy atom. The minimum atomic E-state index is -1.60. The summed E-state index contributed by atoms with van der Waals surface area (Å²) in [7, 11) is 0. The molecule has 2 rings (SSSR count). The third kappa shape index (κ3) is 3.90. The predicted molar refractivity (Wildman–Crippen MR) is 89.7 cm³/mol. The van der Waals surface area contributed by atoms with Gasteiger partial charge in [0.1, 0.15) is 5.92 Å². The Hall–Kier alpha value is -2.21. The number of carbonyl (C=O) groups excluding carboxylic acids is 3. The van der Waals surface area contributed by atoms with Crippen LogP contribution < -0.4 is 0 Å². The molecule has 1 aromatic carbocycles. The first-order valence-electron chi connectivity index (χ1n) is 8.46. The number of esters is 2. The predicted octanol–water partition coefficient (Wildman–Crippen LogP) is 1.85. The van der Waals surface area contributed by atoms with E-state index in [1.54, 1.807) is 44.2 Å². The molecule has 0 bridgehead atoms. The molecule has 1 aliphatic rings. The first kappa shape index (κ1) is 19.1. The molecule has 136 valence electrons. The van der Waals surface area contributed by atoms with Gasteiger partial charge in [0.05, 0.1) is 24.7 Å². The van der Waals surface area contributed by atoms with E-state index in [9.17, 15) is 19.5 Å². The molecule has 1 aromatic rings. The smallest absolute Gasteiger partial charge is 0.317 e. The number of ether oxygens (including phenoxy) is 2. The molecule has 6 heteroatoms. The van der Waals surface area contributed by atoms with E-state index in [1.807, 2.05) is 0 Å². The highest BCUT2D eigenvalue weighted by Gasteiger charge is 2.57. The first-order chi connectivity index (χ1) is 11.8. The fraction of sp³-hybridized carbons (Fsp3) is 0.526. The van der Waals surface area contributed by atoms with E-state index in [0.717, 1.165) is 0 Å². The summed E-state index contributed by atoms with van der Waals surface area (Å²) in [6.07, 6.45) is -0.302. The molecule has 4 atom stereocenters. The van der Waals surface area contributed by atoms with Crippen LogP contribution in [0.25, 0.3) is 0 Å². The number of aliphatic hydroxyl groups is 1. The Morgan fingerprint density at radius 1 is 1.12 bits per heavy atom. The zero-order chi connectivity index (χ0) is 18.6. The van der Waals surface area contributed by atoms with Crippen molar-refractivity contribution < 1.29 is 29.0 Å². The van der Waals surface area contributed by atoms with Crippen LogP contribution in [0.1, 0.15) is 38.7 Å². The monoisotopic (exact) mass is 348 g/mol. The highest BCUT2D eigenvalue weighted by Crippen LogP contribution is 2.46. The molecule has 1 fully saturated rings. The fourth-order valence-corrected chi connectivity index (χ4v) is 3.55. The van der Waals surface area contributed by atoms with Gasteiger partial charge in [-0.05, 0) is 26.3 Å². The normalized spacial score (nSPS) is 29.1. The highest BCUT2D eigenvalue weighted by molar-refractivity contribution is 6.02. The van der Waals surface area contributed by atoms with Crippen LogP contribution in [0.4, 0.5) is 0 Å². The molecule has 0 unspecified atom stereocenters. The van der Waals surface area contributed by atoms with Gasteiger partial charge < -0.3 is 14.6 Å². The largest absolute Gasteiger partial charge is 0.466 e. The lowest BCUT2D eigenvalue weighted by Gasteiger charge is -2.43. The van der Waals surface area contributed by atoms with Gasteiger partial charge in [-0.25, -0.2) is 0 Å². The van der Waals surface area contributed by atoms with E-state index >= 15 is 0 Å². The maximum absolute atomic E-state index is 12.6. The molecule has 1 saturated carbocycles. The minimum Gasteiger partial charge on any atom is -0.466 e. The van der Waals surface area contributed by atoms with Crippen LogP contribution in [0.3, 0.4) is 0 Å². The second-order valence-electron chi connectivity index (χ2n) is 6.40. The lowest BCUT2D eigenvalue weighted by atomic mass is 9.62. The average molecular weight is 348 g/mol. The Kier molecular flexibility index (Phi) is 5.95. The summed E-state index contributed by atoms with van der Waals surface area (Å²) < 4.78 is 10.2. The second-order valence-corrected chi connectivity index (χ2v) is 6.40. The zero-order valence-corrected chi connectivity index (χ0v) is 14.7. The molecule has 0 heterocycles. The molecule has 0 aromatic heterocycles. The maximum atomic E-state index is 12.6. The van der Waals surface area contributed by atoms with Crippen LogP contribution in [-0.2, 0) is 23.9 Å². The molecule has 0 radical (unpaired) electrons. The molecule has 6 nitrogen and oxygen atoms in total. The molecule has 0 saturated heterocycles. The van der Waals surface area contributed by atoms with Gasteiger partial charge in [0.2, 0.25) is 0 Å². The number of carbonyl (C=O) groups is 3. The molecule has 1 N–H and O–H groups in total. The van der Waals surface area contributed by atoms with Gasteiger partial charge in [-0.15, -0.1) is 0 Å². The summed E-state index contributed by atoms with van der Waals surface area (Å²) in [5.41, 5.74) is -0.987. The van der Waals surface area contributed by atoms with Crippen LogP contribution in [0.5, 0.6) is 0 Å². The molecule has 0 aliphatic heterocycles. The summed E-state index contributed by atoms with van der Waals surface area (Å²) in [6, 6.07) is 8.78. The van der Waals surface area contributed by atoms with Gasteiger partial charge in [-0.2, -0.15) is 0 Å². The van der Waals surface area contributed by atoms with Crippen LogP contribution in [0.15, 0.2) is 30.3 Å². The number of Topliss-reactive ketones (excluding diaryl/α,β-unsaturated/α-hetero) is 1. The molecule has 0 spiro atoms. The van der Waals surface area contributed by atoms with Crippen molar-refractivity contribution in [3.8, 4) is 0 Å². The zero-order valence-electron chi connectivity index (χ0n) is 14.7. The third-order valence-corrected chi connectivity index (χ3v) is 4.53. The molecule has 25 heavy (non-hydrogen) atoms. The summed E-state index contributed by atoms with van der Waals surface area (Å²) in [4.78, 5) is 37.7. The summed E-state index contributed by atoms with van der Waals surface area (Å²) in [5.74, 6) is -4.75. The Morgan fingerprint density at radius 2 is 1.68 bits per heavy atom. The highest BCUT2D eigenvalue weighted by atomic mass is 16.5. The van der Waals surface area contributed by atoms with Crippen molar-refractivity contribution in [2.24, 2.45) is 11.8 Å². The SMILES string of the molecule is CCOC(=O)[C@H]1C(=O)C[C@](C)(O)[C@@H](C(=O)OCC)[C@H]1c1ccccc1. The van der Waals surface area contributed by atoms with E-state index in [2.05, 4.69) is 0 Å². The van der Waals surface area contributed by atoms with Gasteiger partial charge in [0.15, 0.2) is 5.78 Å². The Bertz CT molecular complexity index is 637. The van der Waals surface area contributed by atoms with Gasteiger partial charge >= 0.3 is 11.9 Å².